The summed E-state index contributed by atoms with van der Waals surface area (Å²) in [7, 11) is -1.14. The van der Waals surface area contributed by atoms with Gasteiger partial charge in [-0.1, -0.05) is 19.1 Å². The molecular weight excluding hydrogens is 312 g/mol. The standard InChI is InChI=1S/C16H34O2SSi2/c1-19-13-8-14-20-15(9-4-6-11-17-15)16(21(2)3)10-5-7-12-18-16/h21H,4-14,20H2,1-3H3. The lowest BCUT2D eigenvalue weighted by atomic mass is 9.96. The van der Waals surface area contributed by atoms with E-state index < -0.39 is 8.80 Å². The van der Waals surface area contributed by atoms with Crippen LogP contribution in [0.3, 0.4) is 0 Å². The molecule has 0 aromatic rings. The van der Waals surface area contributed by atoms with E-state index in [-0.39, 0.29) is 20.0 Å². The Kier molecular flexibility index (Phi) is 7.33. The summed E-state index contributed by atoms with van der Waals surface area (Å²) in [5, 5.41) is 0.349. The zero-order valence-corrected chi connectivity index (χ0v) is 17.7. The van der Waals surface area contributed by atoms with Gasteiger partial charge in [0, 0.05) is 13.2 Å². The van der Waals surface area contributed by atoms with Crippen LogP contribution in [-0.4, -0.2) is 54.0 Å². The normalized spacial score (nSPS) is 34.9. The number of hydrogen-bond donors (Lipinski definition) is 0. The van der Waals surface area contributed by atoms with Crippen LogP contribution in [-0.2, 0) is 9.47 Å². The van der Waals surface area contributed by atoms with Crippen molar-refractivity contribution in [3.63, 3.8) is 0 Å². The molecule has 2 aliphatic heterocycles. The van der Waals surface area contributed by atoms with Gasteiger partial charge in [0.2, 0.25) is 0 Å². The summed E-state index contributed by atoms with van der Waals surface area (Å²) in [6.07, 6.45) is 11.4. The van der Waals surface area contributed by atoms with Crippen LogP contribution in [0.5, 0.6) is 0 Å². The first-order valence-corrected chi connectivity index (χ1v) is 14.9. The van der Waals surface area contributed by atoms with Crippen LogP contribution in [0.1, 0.15) is 44.9 Å². The van der Waals surface area contributed by atoms with Crippen molar-refractivity contribution in [1.82, 2.24) is 0 Å². The topological polar surface area (TPSA) is 18.5 Å². The fourth-order valence-electron chi connectivity index (χ4n) is 4.41. The smallest absolute Gasteiger partial charge is 0.0794 e. The molecular formula is C16H34O2SSi2. The van der Waals surface area contributed by atoms with Crippen molar-refractivity contribution in [3.05, 3.63) is 0 Å². The van der Waals surface area contributed by atoms with Gasteiger partial charge in [0.1, 0.15) is 0 Å². The fourth-order valence-corrected chi connectivity index (χ4v) is 12.0. The second-order valence-corrected chi connectivity index (χ2v) is 13.7. The number of hydrogen-bond acceptors (Lipinski definition) is 3. The van der Waals surface area contributed by atoms with Crippen LogP contribution < -0.4 is 0 Å². The zero-order valence-electron chi connectivity index (χ0n) is 14.3. The van der Waals surface area contributed by atoms with Gasteiger partial charge >= 0.3 is 0 Å². The minimum absolute atomic E-state index is 0.164. The Labute approximate surface area is 139 Å². The molecule has 2 atom stereocenters. The lowest BCUT2D eigenvalue weighted by Crippen LogP contribution is -2.69. The van der Waals surface area contributed by atoms with Crippen molar-refractivity contribution in [3.8, 4) is 0 Å². The third-order valence-corrected chi connectivity index (χ3v) is 12.3. The van der Waals surface area contributed by atoms with Gasteiger partial charge in [-0.2, -0.15) is 11.8 Å². The lowest BCUT2D eigenvalue weighted by molar-refractivity contribution is -0.162. The van der Waals surface area contributed by atoms with Gasteiger partial charge in [0.05, 0.1) is 28.8 Å². The van der Waals surface area contributed by atoms with Crippen molar-refractivity contribution >= 4 is 30.1 Å². The van der Waals surface area contributed by atoms with E-state index in [2.05, 4.69) is 19.3 Å². The SMILES string of the molecule is CSCCC[SiH2]C1(C2([SiH](C)C)CCCCO2)CCCCO1. The summed E-state index contributed by atoms with van der Waals surface area (Å²) in [6, 6.07) is 1.44. The Morgan fingerprint density at radius 3 is 2.29 bits per heavy atom. The van der Waals surface area contributed by atoms with E-state index in [4.69, 9.17) is 9.47 Å². The second-order valence-electron chi connectivity index (χ2n) is 7.10. The van der Waals surface area contributed by atoms with E-state index in [0.717, 1.165) is 13.2 Å². The van der Waals surface area contributed by atoms with E-state index in [1.807, 2.05) is 11.8 Å². The van der Waals surface area contributed by atoms with Gasteiger partial charge in [-0.25, -0.2) is 0 Å². The molecule has 0 spiro atoms. The van der Waals surface area contributed by atoms with Crippen molar-refractivity contribution in [2.75, 3.05) is 25.2 Å². The molecule has 5 heteroatoms. The molecule has 0 aromatic carbocycles. The molecule has 0 N–H and O–H groups in total. The Bertz CT molecular complexity index is 301. The van der Waals surface area contributed by atoms with Crippen molar-refractivity contribution < 1.29 is 9.47 Å². The molecule has 2 aliphatic rings. The maximum Gasteiger partial charge on any atom is 0.0794 e. The molecule has 0 bridgehead atoms. The molecule has 2 heterocycles. The molecule has 2 rings (SSSR count). The summed E-state index contributed by atoms with van der Waals surface area (Å²) in [6.45, 7) is 6.97. The van der Waals surface area contributed by atoms with Crippen LogP contribution in [0.15, 0.2) is 0 Å². The first-order valence-electron chi connectivity index (χ1n) is 8.94. The lowest BCUT2D eigenvalue weighted by Gasteiger charge is -2.56. The van der Waals surface area contributed by atoms with E-state index in [1.165, 1.54) is 56.7 Å². The van der Waals surface area contributed by atoms with Crippen molar-refractivity contribution in [2.24, 2.45) is 0 Å². The number of thioether (sulfide) groups is 1. The van der Waals surface area contributed by atoms with E-state index in [1.54, 1.807) is 0 Å². The molecule has 21 heavy (non-hydrogen) atoms. The summed E-state index contributed by atoms with van der Waals surface area (Å²) < 4.78 is 13.2. The molecule has 2 fully saturated rings. The quantitative estimate of drug-likeness (QED) is 0.521. The monoisotopic (exact) mass is 346 g/mol. The second kappa shape index (κ2) is 8.53. The largest absolute Gasteiger partial charge is 0.377 e. The van der Waals surface area contributed by atoms with Crippen molar-refractivity contribution in [1.29, 1.82) is 0 Å². The van der Waals surface area contributed by atoms with Gasteiger partial charge < -0.3 is 9.47 Å². The van der Waals surface area contributed by atoms with Crippen molar-refractivity contribution in [2.45, 2.75) is 74.5 Å². The van der Waals surface area contributed by atoms with E-state index >= 15 is 0 Å². The average molecular weight is 347 g/mol. The molecule has 0 aliphatic carbocycles. The van der Waals surface area contributed by atoms with Gasteiger partial charge in [0.15, 0.2) is 0 Å². The third kappa shape index (κ3) is 3.97. The van der Waals surface area contributed by atoms with Crippen LogP contribution in [0.2, 0.25) is 19.1 Å². The van der Waals surface area contributed by atoms with Gasteiger partial charge in [-0.05, 0) is 57.0 Å². The highest BCUT2D eigenvalue weighted by Gasteiger charge is 2.55. The highest BCUT2D eigenvalue weighted by Crippen LogP contribution is 2.44. The summed E-state index contributed by atoms with van der Waals surface area (Å²) in [4.78, 5) is 0. The first-order chi connectivity index (χ1) is 10.2. The zero-order chi connectivity index (χ0) is 15.2. The highest BCUT2D eigenvalue weighted by molar-refractivity contribution is 7.98. The van der Waals surface area contributed by atoms with Crippen LogP contribution in [0.4, 0.5) is 0 Å². The number of rotatable bonds is 7. The molecule has 0 amide bonds. The van der Waals surface area contributed by atoms with E-state index in [0.29, 0.717) is 0 Å². The Balaban J connectivity index is 2.15. The predicted molar refractivity (Wildman–Crippen MR) is 100 cm³/mol. The average Bonchev–Trinajstić information content (AvgIpc) is 2.53. The molecule has 124 valence electrons. The molecule has 2 nitrogen and oxygen atoms in total. The molecule has 0 aromatic heterocycles. The van der Waals surface area contributed by atoms with Crippen LogP contribution >= 0.6 is 11.8 Å². The maximum atomic E-state index is 6.61. The van der Waals surface area contributed by atoms with Gasteiger partial charge in [-0.15, -0.1) is 0 Å². The molecule has 0 radical (unpaired) electrons. The third-order valence-electron chi connectivity index (χ3n) is 5.54. The van der Waals surface area contributed by atoms with Gasteiger partial charge in [-0.3, -0.25) is 0 Å². The Morgan fingerprint density at radius 1 is 1.05 bits per heavy atom. The molecule has 2 unspecified atom stereocenters. The van der Waals surface area contributed by atoms with Crippen LogP contribution in [0, 0.1) is 0 Å². The Hall–Kier alpha value is 0.704. The minimum Gasteiger partial charge on any atom is -0.377 e. The minimum atomic E-state index is -0.905. The summed E-state index contributed by atoms with van der Waals surface area (Å²) >= 11 is 1.99. The maximum absolute atomic E-state index is 6.61. The first kappa shape index (κ1) is 18.0. The van der Waals surface area contributed by atoms with Crippen LogP contribution in [0.25, 0.3) is 0 Å². The molecule has 2 saturated heterocycles. The summed E-state index contributed by atoms with van der Waals surface area (Å²) in [5.74, 6) is 1.32. The van der Waals surface area contributed by atoms with E-state index in [9.17, 15) is 0 Å². The number of ether oxygens (including phenoxy) is 2. The van der Waals surface area contributed by atoms with Gasteiger partial charge in [0.25, 0.3) is 0 Å². The molecule has 0 saturated carbocycles. The highest BCUT2D eigenvalue weighted by atomic mass is 32.2. The Morgan fingerprint density at radius 2 is 1.76 bits per heavy atom. The summed E-state index contributed by atoms with van der Waals surface area (Å²) in [5.41, 5.74) is 0. The predicted octanol–water partition coefficient (Wildman–Crippen LogP) is 3.19. The fraction of sp³-hybridized carbons (Fsp3) is 1.00.